The first-order valence-corrected chi connectivity index (χ1v) is 15.1. The highest BCUT2D eigenvalue weighted by Gasteiger charge is 2.57. The van der Waals surface area contributed by atoms with Crippen LogP contribution in [0.1, 0.15) is 51.8 Å². The second kappa shape index (κ2) is 13.2. The summed E-state index contributed by atoms with van der Waals surface area (Å²) in [6, 6.07) is 36.6. The Morgan fingerprint density at radius 1 is 0.744 bits per heavy atom. The quantitative estimate of drug-likeness (QED) is 0.259. The topological polar surface area (TPSA) is 75.7 Å². The lowest BCUT2D eigenvalue weighted by Gasteiger charge is -2.32. The van der Waals surface area contributed by atoms with E-state index in [1.807, 2.05) is 121 Å². The average Bonchev–Trinajstić information content (AvgIpc) is 3.72. The van der Waals surface area contributed by atoms with Gasteiger partial charge in [-0.15, -0.1) is 0 Å². The molecule has 6 rings (SSSR count). The molecule has 218 valence electrons. The summed E-state index contributed by atoms with van der Waals surface area (Å²) in [5.74, 6) is -1.80. The maximum absolute atomic E-state index is 14.6. The number of ketones is 1. The van der Waals surface area contributed by atoms with Crippen molar-refractivity contribution in [2.45, 2.75) is 43.4 Å². The number of carbonyl (C=O) groups is 3. The number of nitrogens with zero attached hydrogens (tertiary/aromatic N) is 1. The number of ether oxygens (including phenoxy) is 1. The Balaban J connectivity index is 1.50. The van der Waals surface area contributed by atoms with Crippen LogP contribution in [0.5, 0.6) is 0 Å². The van der Waals surface area contributed by atoms with Crippen LogP contribution in [0.3, 0.4) is 0 Å². The first-order valence-electron chi connectivity index (χ1n) is 15.1. The number of rotatable bonds is 9. The van der Waals surface area contributed by atoms with Crippen molar-refractivity contribution in [1.82, 2.24) is 10.2 Å². The Hall–Kier alpha value is -4.55. The molecule has 6 heteroatoms. The lowest BCUT2D eigenvalue weighted by Crippen LogP contribution is -2.50. The fourth-order valence-electron chi connectivity index (χ4n) is 6.68. The SMILES string of the molecule is O=C(c1ccccc1)C1C(c2ccccc2)C(C(=O)NCC2CCCO2)N(C(=O)Cc2ccccc2)C1c1ccccc1. The summed E-state index contributed by atoms with van der Waals surface area (Å²) < 4.78 is 5.79. The Kier molecular flexibility index (Phi) is 8.75. The number of likely N-dealkylation sites (tertiary alicyclic amines) is 1. The number of hydrogen-bond acceptors (Lipinski definition) is 4. The zero-order valence-corrected chi connectivity index (χ0v) is 24.0. The van der Waals surface area contributed by atoms with Gasteiger partial charge in [-0.3, -0.25) is 14.4 Å². The minimum absolute atomic E-state index is 0.0549. The van der Waals surface area contributed by atoms with Crippen LogP contribution in [0.25, 0.3) is 0 Å². The summed E-state index contributed by atoms with van der Waals surface area (Å²) in [6.07, 6.45) is 1.90. The highest BCUT2D eigenvalue weighted by atomic mass is 16.5. The fourth-order valence-corrected chi connectivity index (χ4v) is 6.68. The average molecular weight is 573 g/mol. The summed E-state index contributed by atoms with van der Waals surface area (Å²) in [7, 11) is 0. The number of carbonyl (C=O) groups excluding carboxylic acids is 3. The number of hydrogen-bond donors (Lipinski definition) is 1. The predicted molar refractivity (Wildman–Crippen MR) is 165 cm³/mol. The lowest BCUT2D eigenvalue weighted by atomic mass is 9.76. The molecule has 2 fully saturated rings. The molecule has 0 spiro atoms. The molecular formula is C37H36N2O4. The van der Waals surface area contributed by atoms with Crippen LogP contribution in [0.2, 0.25) is 0 Å². The molecule has 5 unspecified atom stereocenters. The van der Waals surface area contributed by atoms with Gasteiger partial charge in [0, 0.05) is 24.6 Å². The van der Waals surface area contributed by atoms with Gasteiger partial charge in [0.15, 0.2) is 5.78 Å². The van der Waals surface area contributed by atoms with E-state index in [4.69, 9.17) is 4.74 Å². The minimum Gasteiger partial charge on any atom is -0.376 e. The third-order valence-electron chi connectivity index (χ3n) is 8.64. The van der Waals surface area contributed by atoms with Crippen molar-refractivity contribution in [2.24, 2.45) is 5.92 Å². The molecule has 6 nitrogen and oxygen atoms in total. The number of benzene rings is 4. The smallest absolute Gasteiger partial charge is 0.243 e. The molecule has 2 aliphatic heterocycles. The van der Waals surface area contributed by atoms with E-state index in [2.05, 4.69) is 5.32 Å². The molecule has 0 aliphatic carbocycles. The van der Waals surface area contributed by atoms with E-state index in [0.29, 0.717) is 18.7 Å². The highest BCUT2D eigenvalue weighted by molar-refractivity contribution is 6.02. The van der Waals surface area contributed by atoms with E-state index in [-0.39, 0.29) is 30.1 Å². The van der Waals surface area contributed by atoms with E-state index in [0.717, 1.165) is 29.5 Å². The summed E-state index contributed by atoms with van der Waals surface area (Å²) >= 11 is 0. The van der Waals surface area contributed by atoms with Crippen molar-refractivity contribution < 1.29 is 19.1 Å². The minimum atomic E-state index is -0.900. The van der Waals surface area contributed by atoms with Crippen LogP contribution in [-0.4, -0.2) is 47.8 Å². The van der Waals surface area contributed by atoms with Gasteiger partial charge in [-0.1, -0.05) is 121 Å². The third kappa shape index (κ3) is 6.15. The molecule has 4 aromatic rings. The van der Waals surface area contributed by atoms with Crippen molar-refractivity contribution in [1.29, 1.82) is 0 Å². The maximum Gasteiger partial charge on any atom is 0.243 e. The number of nitrogens with one attached hydrogen (secondary N) is 1. The van der Waals surface area contributed by atoms with E-state index < -0.39 is 23.9 Å². The van der Waals surface area contributed by atoms with Crippen LogP contribution in [0.4, 0.5) is 0 Å². The molecule has 4 aromatic carbocycles. The Morgan fingerprint density at radius 2 is 1.33 bits per heavy atom. The van der Waals surface area contributed by atoms with Crippen LogP contribution in [0.15, 0.2) is 121 Å². The molecule has 1 N–H and O–H groups in total. The van der Waals surface area contributed by atoms with Crippen LogP contribution < -0.4 is 5.32 Å². The molecule has 0 bridgehead atoms. The van der Waals surface area contributed by atoms with Gasteiger partial charge >= 0.3 is 0 Å². The van der Waals surface area contributed by atoms with Gasteiger partial charge < -0.3 is 15.0 Å². The van der Waals surface area contributed by atoms with Gasteiger partial charge in [0.05, 0.1) is 24.5 Å². The molecule has 2 saturated heterocycles. The summed E-state index contributed by atoms with van der Waals surface area (Å²) in [5.41, 5.74) is 3.09. The molecule has 2 aliphatic rings. The standard InChI is InChI=1S/C37H36N2O4/c40-31(24-26-14-5-1-6-15-26)39-34(28-18-9-3-10-19-28)33(36(41)29-20-11-4-12-21-29)32(27-16-7-2-8-17-27)35(39)37(42)38-25-30-22-13-23-43-30/h1-12,14-21,30,32-35H,13,22-25H2,(H,38,42). The number of Topliss-reactive ketones (excluding diaryl/α,β-unsaturated/α-hetero) is 1. The van der Waals surface area contributed by atoms with Crippen molar-refractivity contribution in [2.75, 3.05) is 13.2 Å². The molecule has 5 atom stereocenters. The molecule has 43 heavy (non-hydrogen) atoms. The first-order chi connectivity index (χ1) is 21.1. The molecule has 0 radical (unpaired) electrons. The largest absolute Gasteiger partial charge is 0.376 e. The first kappa shape index (κ1) is 28.6. The van der Waals surface area contributed by atoms with E-state index in [1.165, 1.54) is 0 Å². The Bertz CT molecular complexity index is 1520. The van der Waals surface area contributed by atoms with Crippen molar-refractivity contribution in [3.8, 4) is 0 Å². The zero-order chi connectivity index (χ0) is 29.6. The van der Waals surface area contributed by atoms with Gasteiger partial charge in [-0.25, -0.2) is 0 Å². The van der Waals surface area contributed by atoms with Crippen LogP contribution in [0, 0.1) is 5.92 Å². The van der Waals surface area contributed by atoms with Gasteiger partial charge in [-0.05, 0) is 29.5 Å². The van der Waals surface area contributed by atoms with E-state index in [9.17, 15) is 14.4 Å². The van der Waals surface area contributed by atoms with E-state index >= 15 is 0 Å². The van der Waals surface area contributed by atoms with Gasteiger partial charge in [0.1, 0.15) is 6.04 Å². The second-order valence-electron chi connectivity index (χ2n) is 11.3. The van der Waals surface area contributed by atoms with Crippen molar-refractivity contribution in [3.63, 3.8) is 0 Å². The summed E-state index contributed by atoms with van der Waals surface area (Å²) in [6.45, 7) is 1.05. The highest BCUT2D eigenvalue weighted by Crippen LogP contribution is 2.51. The van der Waals surface area contributed by atoms with Crippen LogP contribution >= 0.6 is 0 Å². The van der Waals surface area contributed by atoms with Crippen molar-refractivity contribution in [3.05, 3.63) is 144 Å². The fraction of sp³-hybridized carbons (Fsp3) is 0.270. The third-order valence-corrected chi connectivity index (χ3v) is 8.64. The molecule has 0 aromatic heterocycles. The predicted octanol–water partition coefficient (Wildman–Crippen LogP) is 5.76. The molecule has 2 amide bonds. The van der Waals surface area contributed by atoms with Gasteiger partial charge in [0.25, 0.3) is 0 Å². The van der Waals surface area contributed by atoms with Crippen molar-refractivity contribution >= 4 is 17.6 Å². The normalized spacial score (nSPS) is 23.2. The Labute approximate surface area is 252 Å². The lowest BCUT2D eigenvalue weighted by molar-refractivity contribution is -0.140. The Morgan fingerprint density at radius 3 is 1.93 bits per heavy atom. The summed E-state index contributed by atoms with van der Waals surface area (Å²) in [5, 5.41) is 3.12. The molecule has 2 heterocycles. The zero-order valence-electron chi connectivity index (χ0n) is 24.0. The molecule has 0 saturated carbocycles. The number of amides is 2. The van der Waals surface area contributed by atoms with Gasteiger partial charge in [0.2, 0.25) is 11.8 Å². The monoisotopic (exact) mass is 572 g/mol. The van der Waals surface area contributed by atoms with Crippen LogP contribution in [-0.2, 0) is 20.7 Å². The van der Waals surface area contributed by atoms with Gasteiger partial charge in [-0.2, -0.15) is 0 Å². The summed E-state index contributed by atoms with van der Waals surface area (Å²) in [4.78, 5) is 45.1. The maximum atomic E-state index is 14.6. The van der Waals surface area contributed by atoms with E-state index in [1.54, 1.807) is 4.90 Å². The second-order valence-corrected chi connectivity index (χ2v) is 11.3. The molecular weight excluding hydrogens is 536 g/mol.